The van der Waals surface area contributed by atoms with Crippen LogP contribution in [0.1, 0.15) is 48.7 Å². The number of nitrogens with zero attached hydrogens (tertiary/aromatic N) is 3. The third-order valence-corrected chi connectivity index (χ3v) is 10.6. The molecule has 1 radical (unpaired) electrons. The molecule has 0 aliphatic rings. The Kier molecular flexibility index (Phi) is 10.7. The summed E-state index contributed by atoms with van der Waals surface area (Å²) in [4.78, 5) is 13.5. The Hall–Kier alpha value is -3.72. The van der Waals surface area contributed by atoms with E-state index in [-0.39, 0.29) is 20.1 Å². The molecule has 7 aromatic rings. The van der Waals surface area contributed by atoms with Crippen LogP contribution in [0.5, 0.6) is 0 Å². The van der Waals surface area contributed by atoms with E-state index in [4.69, 9.17) is 0 Å². The van der Waals surface area contributed by atoms with Crippen LogP contribution in [0.25, 0.3) is 52.9 Å². The molecule has 0 amide bonds. The van der Waals surface area contributed by atoms with E-state index < -0.39 is 0 Å². The number of aromatic nitrogens is 3. The average Bonchev–Trinajstić information content (AvgIpc) is 3.41. The molecule has 0 spiro atoms. The number of hydrogen-bond donors (Lipinski definition) is 0. The van der Waals surface area contributed by atoms with Crippen LogP contribution in [-0.4, -0.2) is 29.5 Å². The van der Waals surface area contributed by atoms with Crippen molar-refractivity contribution in [2.24, 2.45) is 5.41 Å². The van der Waals surface area contributed by atoms with Crippen molar-refractivity contribution in [1.82, 2.24) is 15.0 Å². The van der Waals surface area contributed by atoms with Crippen molar-refractivity contribution in [3.63, 3.8) is 0 Å². The van der Waals surface area contributed by atoms with Gasteiger partial charge in [0.05, 0.1) is 0 Å². The Labute approximate surface area is 298 Å². The fraction of sp³-hybridized carbons (Fsp3) is 0.214. The fourth-order valence-corrected chi connectivity index (χ4v) is 8.00. The summed E-state index contributed by atoms with van der Waals surface area (Å²) in [5, 5.41) is 2.62. The molecule has 5 heteroatoms. The third kappa shape index (κ3) is 8.06. The van der Waals surface area contributed by atoms with Gasteiger partial charge in [-0.3, -0.25) is 0 Å². The first-order valence-electron chi connectivity index (χ1n) is 15.7. The molecule has 0 atom stereocenters. The van der Waals surface area contributed by atoms with E-state index in [1.807, 2.05) is 25.4 Å². The van der Waals surface area contributed by atoms with Crippen LogP contribution in [0.3, 0.4) is 0 Å². The van der Waals surface area contributed by atoms with Gasteiger partial charge in [0.25, 0.3) is 0 Å². The number of hydrogen-bond acceptors (Lipinski definition) is 3. The van der Waals surface area contributed by atoms with E-state index in [0.29, 0.717) is 19.9 Å². The van der Waals surface area contributed by atoms with Crippen molar-refractivity contribution in [2.75, 3.05) is 0 Å². The van der Waals surface area contributed by atoms with Gasteiger partial charge in [0, 0.05) is 26.3 Å². The van der Waals surface area contributed by atoms with Crippen molar-refractivity contribution in [3.05, 3.63) is 138 Å². The van der Waals surface area contributed by atoms with Crippen molar-refractivity contribution in [2.45, 2.75) is 54.9 Å². The third-order valence-electron chi connectivity index (χ3n) is 8.26. The first kappa shape index (κ1) is 34.6. The summed E-state index contributed by atoms with van der Waals surface area (Å²) in [6.45, 7) is 15.2. The van der Waals surface area contributed by atoms with E-state index in [9.17, 15) is 0 Å². The van der Waals surface area contributed by atoms with Crippen LogP contribution in [0.4, 0.5) is 0 Å². The molecular formula is C42H39IrN3Se-2. The number of benzene rings is 3. The summed E-state index contributed by atoms with van der Waals surface area (Å²) in [5.74, 6) is 0. The minimum Gasteiger partial charge on any atom is 0 e. The maximum atomic E-state index is 4.62. The van der Waals surface area contributed by atoms with Crippen molar-refractivity contribution >= 4 is 33.8 Å². The average molecular weight is 857 g/mol. The largest absolute Gasteiger partial charge is 0 e. The van der Waals surface area contributed by atoms with Gasteiger partial charge < -0.3 is 4.98 Å². The smallest absolute Gasteiger partial charge is 0 e. The predicted octanol–water partition coefficient (Wildman–Crippen LogP) is 10.3. The van der Waals surface area contributed by atoms with Gasteiger partial charge >= 0.3 is 122 Å². The Balaban J connectivity index is 0.000000186. The van der Waals surface area contributed by atoms with Gasteiger partial charge in [-0.25, -0.2) is 0 Å². The van der Waals surface area contributed by atoms with Gasteiger partial charge in [-0.2, -0.15) is 0 Å². The van der Waals surface area contributed by atoms with Gasteiger partial charge in [0.2, 0.25) is 0 Å². The Morgan fingerprint density at radius 3 is 2.17 bits per heavy atom. The molecule has 0 unspecified atom stereocenters. The second-order valence-corrected chi connectivity index (χ2v) is 15.5. The summed E-state index contributed by atoms with van der Waals surface area (Å²) < 4.78 is 2.85. The molecular weight excluding hydrogens is 818 g/mol. The zero-order chi connectivity index (χ0) is 32.4. The van der Waals surface area contributed by atoms with Crippen LogP contribution in [0.15, 0.2) is 97.5 Å². The quantitative estimate of drug-likeness (QED) is 0.131. The topological polar surface area (TPSA) is 38.7 Å². The summed E-state index contributed by atoms with van der Waals surface area (Å²) in [7, 11) is 0. The molecule has 0 bridgehead atoms. The van der Waals surface area contributed by atoms with Crippen LogP contribution in [0.2, 0.25) is 0 Å². The van der Waals surface area contributed by atoms with Crippen molar-refractivity contribution in [1.29, 1.82) is 0 Å². The molecule has 0 saturated heterocycles. The monoisotopic (exact) mass is 858 g/mol. The Morgan fingerprint density at radius 2 is 1.45 bits per heavy atom. The zero-order valence-electron chi connectivity index (χ0n) is 28.0. The normalized spacial score (nSPS) is 11.2. The molecule has 3 aromatic carbocycles. The summed E-state index contributed by atoms with van der Waals surface area (Å²) in [5.41, 5.74) is 12.9. The fourth-order valence-electron chi connectivity index (χ4n) is 5.66. The molecule has 4 heterocycles. The maximum Gasteiger partial charge on any atom is 0 e. The summed E-state index contributed by atoms with van der Waals surface area (Å²) in [6.07, 6.45) is 6.80. The van der Waals surface area contributed by atoms with Gasteiger partial charge in [0.1, 0.15) is 0 Å². The number of aryl methyl sites for hydroxylation is 4. The zero-order valence-corrected chi connectivity index (χ0v) is 32.1. The summed E-state index contributed by atoms with van der Waals surface area (Å²) >= 11 is 0.375. The maximum absolute atomic E-state index is 4.62. The Bertz CT molecular complexity index is 2160. The second-order valence-electron chi connectivity index (χ2n) is 13.2. The van der Waals surface area contributed by atoms with Gasteiger partial charge in [-0.1, -0.05) is 69.2 Å². The minimum absolute atomic E-state index is 0. The molecule has 3 nitrogen and oxygen atoms in total. The van der Waals surface area contributed by atoms with Crippen LogP contribution in [-0.2, 0) is 26.5 Å². The summed E-state index contributed by atoms with van der Waals surface area (Å²) in [6, 6.07) is 34.7. The number of fused-ring (bicyclic) bond motifs is 3. The van der Waals surface area contributed by atoms with Gasteiger partial charge in [-0.15, -0.1) is 29.3 Å². The number of pyridine rings is 3. The molecule has 47 heavy (non-hydrogen) atoms. The van der Waals surface area contributed by atoms with E-state index in [1.54, 1.807) is 6.20 Å². The van der Waals surface area contributed by atoms with Crippen molar-refractivity contribution < 1.29 is 20.1 Å². The van der Waals surface area contributed by atoms with E-state index in [1.165, 1.54) is 52.7 Å². The second kappa shape index (κ2) is 14.6. The molecule has 0 aliphatic heterocycles. The standard InChI is InChI=1S/C25H28N.C17H11N2Se.Ir/c1-17-7-10-22(24-13-18(2)19(3)16-26-24)14-23(17)21-11-8-20(9-12-21)15-25(4,5)6;1-11-12(6-4-8-18-11)15-9-17-14(10-19-15)13-5-2-3-7-16(13)20-17;/h7-9,11-14,16H,15H2,1-6H3;2-5,7-10H,1H3;/q2*-1;. The molecule has 4 aromatic heterocycles. The van der Waals surface area contributed by atoms with E-state index in [0.717, 1.165) is 34.6 Å². The molecule has 0 N–H and O–H groups in total. The molecule has 239 valence electrons. The SMILES string of the molecule is Cc1cnc(-c2[c-]cc(C)c(-c3ccc(CC(C)(C)C)cc3)c2)cc1C.Cc1ncc[c-]c1-c1cc2[se]c3ccccc3c2cn1.[Ir]. The predicted molar refractivity (Wildman–Crippen MR) is 194 cm³/mol. The first-order valence-corrected chi connectivity index (χ1v) is 17.4. The molecule has 0 saturated carbocycles. The van der Waals surface area contributed by atoms with Crippen LogP contribution >= 0.6 is 0 Å². The molecule has 0 aliphatic carbocycles. The number of rotatable bonds is 4. The van der Waals surface area contributed by atoms with Crippen molar-refractivity contribution in [3.8, 4) is 33.6 Å². The Morgan fingerprint density at radius 1 is 0.702 bits per heavy atom. The molecule has 7 rings (SSSR count). The first-order chi connectivity index (χ1) is 22.1. The molecule has 0 fully saturated rings. The van der Waals surface area contributed by atoms with E-state index in [2.05, 4.69) is 141 Å². The van der Waals surface area contributed by atoms with Crippen LogP contribution < -0.4 is 0 Å². The minimum atomic E-state index is 0. The van der Waals surface area contributed by atoms with Gasteiger partial charge in [0.15, 0.2) is 0 Å². The van der Waals surface area contributed by atoms with Crippen LogP contribution in [0, 0.1) is 45.2 Å². The van der Waals surface area contributed by atoms with E-state index >= 15 is 0 Å². The van der Waals surface area contributed by atoms with Gasteiger partial charge in [-0.05, 0) is 48.1 Å².